The van der Waals surface area contributed by atoms with E-state index in [4.69, 9.17) is 22.3 Å². The van der Waals surface area contributed by atoms with Gasteiger partial charge in [0.25, 0.3) is 9.05 Å². The summed E-state index contributed by atoms with van der Waals surface area (Å²) < 4.78 is 34.9. The van der Waals surface area contributed by atoms with Gasteiger partial charge in [0, 0.05) is 15.2 Å². The standard InChI is InChI=1S/C6H2BrCl2FO2S/c7-3-1-2-4(10)6(5(3)8)13(9,11)12/h1-2H. The maximum Gasteiger partial charge on any atom is 0.265 e. The average molecular weight is 308 g/mol. The predicted octanol–water partition coefficient (Wildman–Crippen LogP) is 3.17. The van der Waals surface area contributed by atoms with Crippen LogP contribution in [-0.4, -0.2) is 8.42 Å². The molecule has 72 valence electrons. The third kappa shape index (κ3) is 2.34. The van der Waals surface area contributed by atoms with Gasteiger partial charge < -0.3 is 0 Å². The Kier molecular flexibility index (Phi) is 3.22. The van der Waals surface area contributed by atoms with Crippen molar-refractivity contribution in [3.8, 4) is 0 Å². The van der Waals surface area contributed by atoms with Gasteiger partial charge in [-0.1, -0.05) is 11.6 Å². The highest BCUT2D eigenvalue weighted by Crippen LogP contribution is 2.33. The van der Waals surface area contributed by atoms with Crippen molar-refractivity contribution < 1.29 is 12.8 Å². The van der Waals surface area contributed by atoms with Gasteiger partial charge in [-0.05, 0) is 28.1 Å². The van der Waals surface area contributed by atoms with Gasteiger partial charge in [-0.25, -0.2) is 12.8 Å². The quantitative estimate of drug-likeness (QED) is 0.590. The molecule has 7 heteroatoms. The molecule has 0 saturated carbocycles. The van der Waals surface area contributed by atoms with Crippen LogP contribution in [0.25, 0.3) is 0 Å². The Hall–Kier alpha value is 0.160. The van der Waals surface area contributed by atoms with E-state index < -0.39 is 19.8 Å². The van der Waals surface area contributed by atoms with Crippen molar-refractivity contribution in [3.63, 3.8) is 0 Å². The fourth-order valence-electron chi connectivity index (χ4n) is 0.732. The van der Waals surface area contributed by atoms with Crippen LogP contribution < -0.4 is 0 Å². The summed E-state index contributed by atoms with van der Waals surface area (Å²) >= 11 is 8.48. The molecule has 2 nitrogen and oxygen atoms in total. The van der Waals surface area contributed by atoms with Crippen LogP contribution in [0.2, 0.25) is 5.02 Å². The molecule has 0 radical (unpaired) electrons. The Morgan fingerprint density at radius 3 is 2.31 bits per heavy atom. The van der Waals surface area contributed by atoms with Crippen LogP contribution in [-0.2, 0) is 9.05 Å². The lowest BCUT2D eigenvalue weighted by atomic mass is 10.3. The summed E-state index contributed by atoms with van der Waals surface area (Å²) in [4.78, 5) is -0.704. The maximum atomic E-state index is 13.0. The maximum absolute atomic E-state index is 13.0. The van der Waals surface area contributed by atoms with Gasteiger partial charge in [0.15, 0.2) is 0 Å². The largest absolute Gasteiger partial charge is 0.265 e. The van der Waals surface area contributed by atoms with E-state index in [0.717, 1.165) is 6.07 Å². The molecule has 0 bridgehead atoms. The van der Waals surface area contributed by atoms with Crippen LogP contribution >= 0.6 is 38.2 Å². The van der Waals surface area contributed by atoms with E-state index in [9.17, 15) is 12.8 Å². The van der Waals surface area contributed by atoms with Gasteiger partial charge in [-0.2, -0.15) is 0 Å². The Morgan fingerprint density at radius 2 is 1.92 bits per heavy atom. The van der Waals surface area contributed by atoms with Gasteiger partial charge in [0.05, 0.1) is 5.02 Å². The first-order valence-electron chi connectivity index (χ1n) is 2.92. The minimum Gasteiger partial charge on any atom is -0.207 e. The van der Waals surface area contributed by atoms with Crippen LogP contribution in [0.1, 0.15) is 0 Å². The molecule has 0 fully saturated rings. The normalized spacial score (nSPS) is 11.7. The Morgan fingerprint density at radius 1 is 1.38 bits per heavy atom. The van der Waals surface area contributed by atoms with E-state index in [1.54, 1.807) is 0 Å². The topological polar surface area (TPSA) is 34.1 Å². The van der Waals surface area contributed by atoms with E-state index in [2.05, 4.69) is 15.9 Å². The second-order valence-electron chi connectivity index (χ2n) is 2.11. The zero-order valence-electron chi connectivity index (χ0n) is 5.89. The molecular weight excluding hydrogens is 306 g/mol. The monoisotopic (exact) mass is 306 g/mol. The molecule has 1 aromatic rings. The number of rotatable bonds is 1. The molecule has 1 aromatic carbocycles. The SMILES string of the molecule is O=S(=O)(Cl)c1c(F)ccc(Br)c1Cl. The second kappa shape index (κ2) is 3.73. The van der Waals surface area contributed by atoms with Crippen LogP contribution in [0.3, 0.4) is 0 Å². The first-order valence-corrected chi connectivity index (χ1v) is 6.40. The van der Waals surface area contributed by atoms with Crippen LogP contribution in [0, 0.1) is 5.82 Å². The molecule has 0 unspecified atom stereocenters. The molecule has 1 rings (SSSR count). The minimum absolute atomic E-state index is 0.255. The lowest BCUT2D eigenvalue weighted by Crippen LogP contribution is -1.96. The summed E-state index contributed by atoms with van der Waals surface area (Å²) in [6.07, 6.45) is 0. The first kappa shape index (κ1) is 11.2. The molecule has 0 aliphatic rings. The zero-order chi connectivity index (χ0) is 10.2. The molecule has 0 amide bonds. The highest BCUT2D eigenvalue weighted by atomic mass is 79.9. The summed E-state index contributed by atoms with van der Waals surface area (Å²) in [7, 11) is 0.817. The summed E-state index contributed by atoms with van der Waals surface area (Å²) in [5, 5.41) is -0.255. The molecule has 0 saturated heterocycles. The van der Waals surface area contributed by atoms with Gasteiger partial charge in [0.1, 0.15) is 10.7 Å². The van der Waals surface area contributed by atoms with Crippen LogP contribution in [0.4, 0.5) is 4.39 Å². The molecular formula is C6H2BrCl2FO2S. The van der Waals surface area contributed by atoms with E-state index >= 15 is 0 Å². The third-order valence-electron chi connectivity index (χ3n) is 1.25. The molecule has 0 atom stereocenters. The summed E-state index contributed by atoms with van der Waals surface area (Å²) in [6, 6.07) is 2.26. The fourth-order valence-corrected chi connectivity index (χ4v) is 2.85. The van der Waals surface area contributed by atoms with Crippen molar-refractivity contribution in [2.45, 2.75) is 4.90 Å². The zero-order valence-corrected chi connectivity index (χ0v) is 9.81. The minimum atomic E-state index is -4.15. The summed E-state index contributed by atoms with van der Waals surface area (Å²) in [6.45, 7) is 0. The first-order chi connectivity index (χ1) is 5.84. The van der Waals surface area contributed by atoms with Gasteiger partial charge in [-0.3, -0.25) is 0 Å². The predicted molar refractivity (Wildman–Crippen MR) is 52.1 cm³/mol. The smallest absolute Gasteiger partial charge is 0.207 e. The van der Waals surface area contributed by atoms with Crippen molar-refractivity contribution in [1.29, 1.82) is 0 Å². The van der Waals surface area contributed by atoms with Crippen LogP contribution in [0.5, 0.6) is 0 Å². The van der Waals surface area contributed by atoms with E-state index in [0.29, 0.717) is 0 Å². The van der Waals surface area contributed by atoms with Crippen LogP contribution in [0.15, 0.2) is 21.5 Å². The van der Waals surface area contributed by atoms with Crippen molar-refractivity contribution in [2.24, 2.45) is 0 Å². The highest BCUT2D eigenvalue weighted by Gasteiger charge is 2.21. The Labute approximate surface area is 92.2 Å². The molecule has 0 spiro atoms. The molecule has 0 aliphatic heterocycles. The second-order valence-corrected chi connectivity index (χ2v) is 5.85. The lowest BCUT2D eigenvalue weighted by Gasteiger charge is -2.02. The van der Waals surface area contributed by atoms with Gasteiger partial charge in [-0.15, -0.1) is 0 Å². The number of hydrogen-bond donors (Lipinski definition) is 0. The van der Waals surface area contributed by atoms with Crippen molar-refractivity contribution >= 4 is 47.3 Å². The number of halogens is 4. The summed E-state index contributed by atoms with van der Waals surface area (Å²) in [5.41, 5.74) is 0. The number of hydrogen-bond acceptors (Lipinski definition) is 2. The Balaban J connectivity index is 3.62. The average Bonchev–Trinajstić information content (AvgIpc) is 1.95. The fraction of sp³-hybridized carbons (Fsp3) is 0. The molecule has 0 N–H and O–H groups in total. The van der Waals surface area contributed by atoms with Gasteiger partial charge >= 0.3 is 0 Å². The Bertz CT molecular complexity index is 446. The third-order valence-corrected chi connectivity index (χ3v) is 3.99. The molecule has 13 heavy (non-hydrogen) atoms. The van der Waals surface area contributed by atoms with Gasteiger partial charge in [0.2, 0.25) is 0 Å². The highest BCUT2D eigenvalue weighted by molar-refractivity contribution is 9.10. The molecule has 0 aromatic heterocycles. The van der Waals surface area contributed by atoms with E-state index in [-0.39, 0.29) is 9.50 Å². The number of benzene rings is 1. The molecule has 0 heterocycles. The summed E-state index contributed by atoms with van der Waals surface area (Å²) in [5.74, 6) is -0.969. The van der Waals surface area contributed by atoms with Crippen molar-refractivity contribution in [3.05, 3.63) is 27.4 Å². The lowest BCUT2D eigenvalue weighted by molar-refractivity contribution is 0.575. The van der Waals surface area contributed by atoms with E-state index in [1.165, 1.54) is 6.07 Å². The van der Waals surface area contributed by atoms with Crippen molar-refractivity contribution in [1.82, 2.24) is 0 Å². The molecule has 0 aliphatic carbocycles. The van der Waals surface area contributed by atoms with E-state index in [1.807, 2.05) is 0 Å². The van der Waals surface area contributed by atoms with Crippen molar-refractivity contribution in [2.75, 3.05) is 0 Å².